The van der Waals surface area contributed by atoms with E-state index in [0.717, 1.165) is 5.56 Å². The fourth-order valence-electron chi connectivity index (χ4n) is 5.40. The minimum absolute atomic E-state index is 0.00846. The van der Waals surface area contributed by atoms with Gasteiger partial charge in [-0.25, -0.2) is 4.79 Å². The first-order valence-electron chi connectivity index (χ1n) is 16.0. The van der Waals surface area contributed by atoms with E-state index in [9.17, 15) is 29.1 Å². The molecule has 10 N–H and O–H groups in total. The van der Waals surface area contributed by atoms with Crippen molar-refractivity contribution in [1.82, 2.24) is 20.9 Å². The van der Waals surface area contributed by atoms with E-state index in [1.54, 1.807) is 31.2 Å². The van der Waals surface area contributed by atoms with Crippen molar-refractivity contribution in [2.75, 3.05) is 13.1 Å². The van der Waals surface area contributed by atoms with Gasteiger partial charge >= 0.3 is 5.97 Å². The number of aliphatic carboxylic acids is 1. The summed E-state index contributed by atoms with van der Waals surface area (Å²) in [6, 6.07) is 4.09. The largest absolute Gasteiger partial charge is 0.480 e. The van der Waals surface area contributed by atoms with Gasteiger partial charge in [0, 0.05) is 19.5 Å². The summed E-state index contributed by atoms with van der Waals surface area (Å²) in [6.45, 7) is 8.15. The molecule has 14 nitrogen and oxygen atoms in total. The topological polar surface area (TPSA) is 235 Å². The van der Waals surface area contributed by atoms with Gasteiger partial charge in [-0.1, -0.05) is 64.4 Å². The summed E-state index contributed by atoms with van der Waals surface area (Å²) in [5.74, 6) is -3.58. The van der Waals surface area contributed by atoms with Gasteiger partial charge in [0.25, 0.3) is 0 Å². The Bertz CT molecular complexity index is 1210. The number of nitrogens with one attached hydrogen (secondary N) is 3. The average molecular weight is 645 g/mol. The van der Waals surface area contributed by atoms with Gasteiger partial charge in [0.1, 0.15) is 24.2 Å². The average Bonchev–Trinajstić information content (AvgIpc) is 3.50. The Morgan fingerprint density at radius 1 is 1.00 bits per heavy atom. The molecule has 1 aromatic carbocycles. The summed E-state index contributed by atoms with van der Waals surface area (Å²) >= 11 is 0. The molecule has 1 aliphatic heterocycles. The van der Waals surface area contributed by atoms with Gasteiger partial charge in [-0.2, -0.15) is 0 Å². The monoisotopic (exact) mass is 644 g/mol. The number of carboxylic acid groups (broad SMARTS) is 1. The number of nitrogens with zero attached hydrogens (tertiary/aromatic N) is 2. The molecular weight excluding hydrogens is 592 g/mol. The lowest BCUT2D eigenvalue weighted by Gasteiger charge is -2.30. The van der Waals surface area contributed by atoms with Crippen LogP contribution >= 0.6 is 0 Å². The maximum Gasteiger partial charge on any atom is 0.326 e. The lowest BCUT2D eigenvalue weighted by Crippen LogP contribution is -2.59. The number of guanidine groups is 1. The predicted octanol–water partition coefficient (Wildman–Crippen LogP) is 0.232. The molecule has 0 bridgehead atoms. The molecule has 0 aromatic heterocycles. The smallest absolute Gasteiger partial charge is 0.326 e. The fourth-order valence-corrected chi connectivity index (χ4v) is 5.40. The van der Waals surface area contributed by atoms with Crippen LogP contribution in [-0.2, 0) is 30.4 Å². The predicted molar refractivity (Wildman–Crippen MR) is 175 cm³/mol. The molecule has 1 saturated heterocycles. The Morgan fingerprint density at radius 2 is 1.67 bits per heavy atom. The Hall–Kier alpha value is -4.20. The SMILES string of the molecule is CC[C@H](C)[C@H](NC(=O)[C@H](CC(C)C)NC(=O)[C@@H]1CCCN1C(=O)[C@@H](N)CCCN=C(N)N)C(=O)N[C@@H](Cc1ccccc1)C(=O)O. The number of carbonyl (C=O) groups is 5. The van der Waals surface area contributed by atoms with Crippen LogP contribution in [0.3, 0.4) is 0 Å². The Balaban J connectivity index is 2.14. The van der Waals surface area contributed by atoms with Crippen LogP contribution < -0.4 is 33.2 Å². The Kier molecular flexibility index (Phi) is 15.4. The van der Waals surface area contributed by atoms with Gasteiger partial charge in [0.15, 0.2) is 5.96 Å². The number of hydrogen-bond donors (Lipinski definition) is 7. The summed E-state index contributed by atoms with van der Waals surface area (Å²) in [6.07, 6.45) is 2.75. The van der Waals surface area contributed by atoms with Crippen LogP contribution in [0, 0.1) is 11.8 Å². The number of carbonyl (C=O) groups excluding carboxylic acids is 4. The van der Waals surface area contributed by atoms with Crippen molar-refractivity contribution < 1.29 is 29.1 Å². The molecule has 0 spiro atoms. The lowest BCUT2D eigenvalue weighted by molar-refractivity contribution is -0.142. The zero-order chi connectivity index (χ0) is 34.4. The number of hydrogen-bond acceptors (Lipinski definition) is 7. The second-order valence-electron chi connectivity index (χ2n) is 12.4. The van der Waals surface area contributed by atoms with Crippen molar-refractivity contribution in [2.45, 2.75) is 103 Å². The summed E-state index contributed by atoms with van der Waals surface area (Å²) in [5, 5.41) is 18.0. The summed E-state index contributed by atoms with van der Waals surface area (Å²) in [5.41, 5.74) is 17.6. The first kappa shape index (κ1) is 38.0. The van der Waals surface area contributed by atoms with E-state index < -0.39 is 53.9 Å². The van der Waals surface area contributed by atoms with Crippen molar-refractivity contribution in [2.24, 2.45) is 34.0 Å². The van der Waals surface area contributed by atoms with E-state index >= 15 is 0 Å². The zero-order valence-electron chi connectivity index (χ0n) is 27.4. The van der Waals surface area contributed by atoms with E-state index in [4.69, 9.17) is 17.2 Å². The van der Waals surface area contributed by atoms with E-state index in [1.165, 1.54) is 4.90 Å². The molecule has 6 atom stereocenters. The van der Waals surface area contributed by atoms with Crippen molar-refractivity contribution in [3.05, 3.63) is 35.9 Å². The quantitative estimate of drug-likeness (QED) is 0.0657. The van der Waals surface area contributed by atoms with Crippen molar-refractivity contribution in [3.8, 4) is 0 Å². The highest BCUT2D eigenvalue weighted by molar-refractivity contribution is 5.95. The maximum absolute atomic E-state index is 13.6. The first-order chi connectivity index (χ1) is 21.7. The van der Waals surface area contributed by atoms with E-state index in [1.807, 2.05) is 26.8 Å². The second-order valence-corrected chi connectivity index (χ2v) is 12.4. The van der Waals surface area contributed by atoms with Crippen molar-refractivity contribution >= 4 is 35.6 Å². The standard InChI is InChI=1S/C32H52N8O6/c1-5-20(4)26(29(43)38-24(31(45)46)18-21-11-7-6-8-12-21)39-27(41)23(17-19(2)3)37-28(42)25-14-10-16-40(25)30(44)22(33)13-9-15-36-32(34)35/h6-8,11-12,19-20,22-26H,5,9-10,13-18,33H2,1-4H3,(H,37,42)(H,38,43)(H,39,41)(H,45,46)(H4,34,35,36)/t20-,22-,23-,24-,25-,26-/m0/s1. The van der Waals surface area contributed by atoms with Crippen LogP contribution in [0.15, 0.2) is 35.3 Å². The highest BCUT2D eigenvalue weighted by Crippen LogP contribution is 2.20. The molecule has 1 fully saturated rings. The number of aliphatic imine (C=N–C) groups is 1. The minimum atomic E-state index is -1.20. The molecule has 14 heteroatoms. The van der Waals surface area contributed by atoms with Gasteiger partial charge in [-0.3, -0.25) is 24.2 Å². The first-order valence-corrected chi connectivity index (χ1v) is 16.0. The van der Waals surface area contributed by atoms with E-state index in [2.05, 4.69) is 20.9 Å². The number of likely N-dealkylation sites (tertiary alicyclic amines) is 1. The fraction of sp³-hybridized carbons (Fsp3) is 0.625. The van der Waals surface area contributed by atoms with Gasteiger partial charge in [-0.05, 0) is 49.5 Å². The maximum atomic E-state index is 13.6. The number of amides is 4. The Morgan fingerprint density at radius 3 is 2.26 bits per heavy atom. The summed E-state index contributed by atoms with van der Waals surface area (Å²) in [4.78, 5) is 71.1. The number of nitrogens with two attached hydrogens (primary N) is 3. The molecule has 46 heavy (non-hydrogen) atoms. The molecule has 1 aromatic rings. The highest BCUT2D eigenvalue weighted by Gasteiger charge is 2.38. The molecule has 1 heterocycles. The van der Waals surface area contributed by atoms with Crippen molar-refractivity contribution in [1.29, 1.82) is 0 Å². The summed E-state index contributed by atoms with van der Waals surface area (Å²) < 4.78 is 0. The third kappa shape index (κ3) is 12.0. The summed E-state index contributed by atoms with van der Waals surface area (Å²) in [7, 11) is 0. The highest BCUT2D eigenvalue weighted by atomic mass is 16.4. The molecule has 2 rings (SSSR count). The number of carboxylic acids is 1. The molecule has 0 unspecified atom stereocenters. The van der Waals surface area contributed by atoms with Crippen molar-refractivity contribution in [3.63, 3.8) is 0 Å². The molecule has 4 amide bonds. The van der Waals surface area contributed by atoms with Crippen LogP contribution in [0.5, 0.6) is 0 Å². The van der Waals surface area contributed by atoms with Crippen LogP contribution in [0.2, 0.25) is 0 Å². The number of rotatable bonds is 18. The molecular formula is C32H52N8O6. The third-order valence-corrected chi connectivity index (χ3v) is 8.15. The van der Waals surface area contributed by atoms with Gasteiger partial charge in [0.2, 0.25) is 23.6 Å². The molecule has 0 aliphatic carbocycles. The minimum Gasteiger partial charge on any atom is -0.480 e. The lowest BCUT2D eigenvalue weighted by atomic mass is 9.96. The van der Waals surface area contributed by atoms with Gasteiger partial charge in [0.05, 0.1) is 6.04 Å². The van der Waals surface area contributed by atoms with E-state index in [0.29, 0.717) is 45.2 Å². The van der Waals surface area contributed by atoms with Gasteiger partial charge < -0.3 is 43.2 Å². The van der Waals surface area contributed by atoms with Crippen LogP contribution in [0.25, 0.3) is 0 Å². The van der Waals surface area contributed by atoms with Crippen LogP contribution in [0.1, 0.15) is 71.8 Å². The number of benzene rings is 1. The molecule has 0 radical (unpaired) electrons. The normalized spacial score (nSPS) is 17.7. The molecule has 0 saturated carbocycles. The molecule has 256 valence electrons. The second kappa shape index (κ2) is 18.7. The van der Waals surface area contributed by atoms with Crippen LogP contribution in [-0.4, -0.2) is 88.9 Å². The van der Waals surface area contributed by atoms with E-state index in [-0.39, 0.29) is 36.5 Å². The zero-order valence-corrected chi connectivity index (χ0v) is 27.4. The van der Waals surface area contributed by atoms with Gasteiger partial charge in [-0.15, -0.1) is 0 Å². The molecule has 1 aliphatic rings. The Labute approximate surface area is 271 Å². The third-order valence-electron chi connectivity index (χ3n) is 8.15. The van der Waals surface area contributed by atoms with Crippen LogP contribution in [0.4, 0.5) is 0 Å².